The summed E-state index contributed by atoms with van der Waals surface area (Å²) in [6.45, 7) is 3.68. The fourth-order valence-corrected chi connectivity index (χ4v) is 5.63. The lowest BCUT2D eigenvalue weighted by atomic mass is 9.94. The predicted molar refractivity (Wildman–Crippen MR) is 147 cm³/mol. The van der Waals surface area contributed by atoms with Crippen molar-refractivity contribution in [1.82, 2.24) is 15.2 Å². The maximum absolute atomic E-state index is 13.2. The standard InChI is InChI=1S/C29H38N4O3.ClH/c34-27(35)18-26(23-6-1-5-22(17-23)20-10-11-20)32-29(36)24-8-3-15-33(19-24)16-4-9-25-13-12-21-7-2-14-30-28(21)31-25;/h1,5-6,12-13,17,20,24,26H,2-4,7-11,14-16,18-19H2,(H,30,31)(H,32,36)(H,34,35);1H/t24-,26?;/m1./s1. The van der Waals surface area contributed by atoms with Gasteiger partial charge in [0.25, 0.3) is 0 Å². The summed E-state index contributed by atoms with van der Waals surface area (Å²) in [5.74, 6) is 0.615. The summed E-state index contributed by atoms with van der Waals surface area (Å²) in [5.41, 5.74) is 4.59. The molecule has 37 heavy (non-hydrogen) atoms. The van der Waals surface area contributed by atoms with Crippen molar-refractivity contribution >= 4 is 30.1 Å². The van der Waals surface area contributed by atoms with E-state index in [1.807, 2.05) is 12.1 Å². The molecule has 200 valence electrons. The molecule has 2 atom stereocenters. The second kappa shape index (κ2) is 12.7. The molecule has 1 aromatic heterocycles. The van der Waals surface area contributed by atoms with E-state index in [9.17, 15) is 14.7 Å². The molecular weight excluding hydrogens is 488 g/mol. The van der Waals surface area contributed by atoms with Gasteiger partial charge in [0, 0.05) is 18.8 Å². The molecule has 8 heteroatoms. The number of nitrogens with one attached hydrogen (secondary N) is 2. The molecule has 1 aliphatic carbocycles. The fraction of sp³-hybridized carbons (Fsp3) is 0.552. The van der Waals surface area contributed by atoms with E-state index < -0.39 is 12.0 Å². The van der Waals surface area contributed by atoms with Crippen molar-refractivity contribution in [1.29, 1.82) is 0 Å². The molecule has 3 heterocycles. The summed E-state index contributed by atoms with van der Waals surface area (Å²) in [6.07, 6.45) is 8.33. The van der Waals surface area contributed by atoms with Gasteiger partial charge >= 0.3 is 5.97 Å². The van der Waals surface area contributed by atoms with E-state index in [4.69, 9.17) is 4.98 Å². The van der Waals surface area contributed by atoms with Crippen LogP contribution in [0.1, 0.15) is 79.3 Å². The number of halogens is 1. The number of carbonyl (C=O) groups excluding carboxylic acids is 1. The Morgan fingerprint density at radius 2 is 2.03 bits per heavy atom. The Morgan fingerprint density at radius 3 is 2.84 bits per heavy atom. The van der Waals surface area contributed by atoms with Gasteiger partial charge in [0.05, 0.1) is 18.4 Å². The number of anilines is 1. The molecule has 2 aliphatic heterocycles. The Bertz CT molecular complexity index is 1090. The molecule has 2 aromatic rings. The summed E-state index contributed by atoms with van der Waals surface area (Å²) in [7, 11) is 0. The minimum atomic E-state index is -0.895. The molecule has 2 fully saturated rings. The Balaban J connectivity index is 0.00000320. The SMILES string of the molecule is Cl.O=C(O)CC(NC(=O)[C@@H]1CCCN(CCCc2ccc3c(n2)NCCC3)C1)c1cccc(C2CC2)c1. The zero-order valence-corrected chi connectivity index (χ0v) is 22.3. The quantitative estimate of drug-likeness (QED) is 0.415. The second-order valence-corrected chi connectivity index (χ2v) is 10.7. The summed E-state index contributed by atoms with van der Waals surface area (Å²) in [5, 5.41) is 16.0. The number of likely N-dealkylation sites (tertiary alicyclic amines) is 1. The number of aryl methyl sites for hydroxylation is 2. The monoisotopic (exact) mass is 526 g/mol. The van der Waals surface area contributed by atoms with Gasteiger partial charge in [-0.15, -0.1) is 12.4 Å². The van der Waals surface area contributed by atoms with E-state index in [0.29, 0.717) is 5.92 Å². The van der Waals surface area contributed by atoms with Crippen LogP contribution in [0.5, 0.6) is 0 Å². The predicted octanol–water partition coefficient (Wildman–Crippen LogP) is 4.72. The fourth-order valence-electron chi connectivity index (χ4n) is 5.63. The van der Waals surface area contributed by atoms with Crippen LogP contribution >= 0.6 is 12.4 Å². The van der Waals surface area contributed by atoms with Gasteiger partial charge in [0.1, 0.15) is 5.82 Å². The number of fused-ring (bicyclic) bond motifs is 1. The number of nitrogens with zero attached hydrogens (tertiary/aromatic N) is 2. The summed E-state index contributed by atoms with van der Waals surface area (Å²) >= 11 is 0. The van der Waals surface area contributed by atoms with Crippen LogP contribution in [-0.4, -0.2) is 53.0 Å². The van der Waals surface area contributed by atoms with Gasteiger partial charge in [-0.05, 0) is 93.1 Å². The number of rotatable bonds is 10. The molecule has 1 aromatic carbocycles. The van der Waals surface area contributed by atoms with Gasteiger partial charge in [0.2, 0.25) is 5.91 Å². The highest BCUT2D eigenvalue weighted by Gasteiger charge is 2.29. The number of amides is 1. The topological polar surface area (TPSA) is 94.6 Å². The van der Waals surface area contributed by atoms with E-state index in [0.717, 1.165) is 75.4 Å². The number of carboxylic acids is 1. The third-order valence-electron chi connectivity index (χ3n) is 7.79. The van der Waals surface area contributed by atoms with Gasteiger partial charge in [-0.1, -0.05) is 30.3 Å². The van der Waals surface area contributed by atoms with Crippen LogP contribution in [0.4, 0.5) is 5.82 Å². The van der Waals surface area contributed by atoms with Gasteiger partial charge in [-0.2, -0.15) is 0 Å². The van der Waals surface area contributed by atoms with Crippen molar-refractivity contribution in [2.75, 3.05) is 31.5 Å². The molecule has 0 spiro atoms. The molecule has 1 amide bonds. The Morgan fingerprint density at radius 1 is 1.16 bits per heavy atom. The lowest BCUT2D eigenvalue weighted by Gasteiger charge is -2.33. The van der Waals surface area contributed by atoms with E-state index in [-0.39, 0.29) is 30.7 Å². The molecule has 1 unspecified atom stereocenters. The van der Waals surface area contributed by atoms with Crippen molar-refractivity contribution in [3.05, 3.63) is 58.8 Å². The first-order valence-electron chi connectivity index (χ1n) is 13.6. The smallest absolute Gasteiger partial charge is 0.305 e. The van der Waals surface area contributed by atoms with Gasteiger partial charge in [0.15, 0.2) is 0 Å². The van der Waals surface area contributed by atoms with Crippen LogP contribution in [0.25, 0.3) is 0 Å². The van der Waals surface area contributed by atoms with Crippen molar-refractivity contribution in [3.8, 4) is 0 Å². The maximum atomic E-state index is 13.2. The lowest BCUT2D eigenvalue weighted by molar-refractivity contribution is -0.138. The number of aliphatic carboxylic acids is 1. The lowest BCUT2D eigenvalue weighted by Crippen LogP contribution is -2.44. The number of pyridine rings is 1. The molecule has 5 rings (SSSR count). The summed E-state index contributed by atoms with van der Waals surface area (Å²) in [4.78, 5) is 32.0. The highest BCUT2D eigenvalue weighted by molar-refractivity contribution is 5.85. The van der Waals surface area contributed by atoms with Crippen LogP contribution in [0.15, 0.2) is 36.4 Å². The molecule has 0 bridgehead atoms. The number of aromatic nitrogens is 1. The third-order valence-corrected chi connectivity index (χ3v) is 7.79. The van der Waals surface area contributed by atoms with Gasteiger partial charge in [-0.3, -0.25) is 9.59 Å². The zero-order valence-electron chi connectivity index (χ0n) is 21.5. The molecule has 1 saturated carbocycles. The van der Waals surface area contributed by atoms with E-state index in [1.54, 1.807) is 0 Å². The number of benzene rings is 1. The first-order valence-corrected chi connectivity index (χ1v) is 13.6. The largest absolute Gasteiger partial charge is 0.481 e. The number of carboxylic acid groups (broad SMARTS) is 1. The first-order chi connectivity index (χ1) is 17.5. The minimum Gasteiger partial charge on any atom is -0.481 e. The van der Waals surface area contributed by atoms with Crippen LogP contribution < -0.4 is 10.6 Å². The Labute approximate surface area is 225 Å². The highest BCUT2D eigenvalue weighted by atomic mass is 35.5. The van der Waals surface area contributed by atoms with E-state index in [2.05, 4.69) is 39.8 Å². The molecule has 0 radical (unpaired) electrons. The van der Waals surface area contributed by atoms with E-state index >= 15 is 0 Å². The van der Waals surface area contributed by atoms with Crippen molar-refractivity contribution in [2.45, 2.75) is 69.7 Å². The summed E-state index contributed by atoms with van der Waals surface area (Å²) < 4.78 is 0. The van der Waals surface area contributed by atoms with Crippen LogP contribution in [0.3, 0.4) is 0 Å². The Hall–Kier alpha value is -2.64. The van der Waals surface area contributed by atoms with Crippen molar-refractivity contribution in [2.24, 2.45) is 5.92 Å². The average molecular weight is 527 g/mol. The Kier molecular flexibility index (Phi) is 9.43. The highest BCUT2D eigenvalue weighted by Crippen LogP contribution is 2.40. The first kappa shape index (κ1) is 27.4. The molecule has 3 aliphatic rings. The molecule has 1 saturated heterocycles. The van der Waals surface area contributed by atoms with Gasteiger partial charge in [-0.25, -0.2) is 4.98 Å². The summed E-state index contributed by atoms with van der Waals surface area (Å²) in [6, 6.07) is 12.0. The average Bonchev–Trinajstić information content (AvgIpc) is 3.74. The van der Waals surface area contributed by atoms with Crippen LogP contribution in [-0.2, 0) is 22.4 Å². The third kappa shape index (κ3) is 7.45. The number of hydrogen-bond donors (Lipinski definition) is 3. The van der Waals surface area contributed by atoms with Crippen LogP contribution in [0.2, 0.25) is 0 Å². The maximum Gasteiger partial charge on any atom is 0.305 e. The number of hydrogen-bond acceptors (Lipinski definition) is 5. The van der Waals surface area contributed by atoms with E-state index in [1.165, 1.54) is 30.4 Å². The van der Waals surface area contributed by atoms with Crippen LogP contribution in [0, 0.1) is 5.92 Å². The molecular formula is C29H39ClN4O3. The zero-order chi connectivity index (χ0) is 24.9. The second-order valence-electron chi connectivity index (χ2n) is 10.7. The molecule has 7 nitrogen and oxygen atoms in total. The number of piperidine rings is 1. The van der Waals surface area contributed by atoms with Gasteiger partial charge < -0.3 is 20.6 Å². The minimum absolute atomic E-state index is 0. The molecule has 3 N–H and O–H groups in total. The number of carbonyl (C=O) groups is 2. The van der Waals surface area contributed by atoms with Crippen molar-refractivity contribution < 1.29 is 14.7 Å². The normalized spacial score (nSPS) is 20.2. The van der Waals surface area contributed by atoms with Crippen molar-refractivity contribution in [3.63, 3.8) is 0 Å².